The molecular formula is C13H14BrN3. The summed E-state index contributed by atoms with van der Waals surface area (Å²) < 4.78 is 0.869. The molecule has 0 radical (unpaired) electrons. The first kappa shape index (κ1) is 12.0. The molecule has 1 aromatic heterocycles. The molecular weight excluding hydrogens is 278 g/mol. The highest BCUT2D eigenvalue weighted by atomic mass is 79.9. The maximum Gasteiger partial charge on any atom is 0.161 e. The lowest BCUT2D eigenvalue weighted by Crippen LogP contribution is -1.98. The molecule has 0 fully saturated rings. The van der Waals surface area contributed by atoms with Gasteiger partial charge in [-0.05, 0) is 41.4 Å². The Morgan fingerprint density at radius 3 is 2.71 bits per heavy atom. The van der Waals surface area contributed by atoms with Crippen LogP contribution in [0.1, 0.15) is 11.1 Å². The Labute approximate surface area is 109 Å². The molecule has 0 amide bonds. The van der Waals surface area contributed by atoms with Gasteiger partial charge in [-0.25, -0.2) is 9.97 Å². The van der Waals surface area contributed by atoms with Crippen molar-refractivity contribution < 1.29 is 0 Å². The third kappa shape index (κ3) is 2.47. The molecule has 88 valence electrons. The summed E-state index contributed by atoms with van der Waals surface area (Å²) in [5.41, 5.74) is 3.47. The second kappa shape index (κ2) is 4.84. The average Bonchev–Trinajstić information content (AvgIpc) is 2.33. The van der Waals surface area contributed by atoms with Crippen LogP contribution in [0.25, 0.3) is 11.4 Å². The zero-order chi connectivity index (χ0) is 12.4. The third-order valence-corrected chi connectivity index (χ3v) is 3.20. The largest absolute Gasteiger partial charge is 0.372 e. The van der Waals surface area contributed by atoms with Crippen molar-refractivity contribution in [1.82, 2.24) is 9.97 Å². The summed E-state index contributed by atoms with van der Waals surface area (Å²) >= 11 is 3.41. The number of rotatable bonds is 2. The number of hydrogen-bond donors (Lipinski definition) is 1. The van der Waals surface area contributed by atoms with Crippen LogP contribution in [-0.2, 0) is 0 Å². The van der Waals surface area contributed by atoms with E-state index in [9.17, 15) is 0 Å². The van der Waals surface area contributed by atoms with E-state index in [1.54, 1.807) is 6.20 Å². The fraction of sp³-hybridized carbons (Fsp3) is 0.231. The Bertz CT molecular complexity index is 552. The van der Waals surface area contributed by atoms with E-state index in [2.05, 4.69) is 63.3 Å². The maximum atomic E-state index is 4.49. The Kier molecular flexibility index (Phi) is 3.43. The number of anilines is 1. The molecule has 1 aromatic carbocycles. The lowest BCUT2D eigenvalue weighted by atomic mass is 10.1. The molecule has 3 nitrogen and oxygen atoms in total. The average molecular weight is 292 g/mol. The minimum atomic E-state index is 0.749. The van der Waals surface area contributed by atoms with Gasteiger partial charge in [-0.3, -0.25) is 0 Å². The lowest BCUT2D eigenvalue weighted by Gasteiger charge is -2.08. The van der Waals surface area contributed by atoms with E-state index in [4.69, 9.17) is 0 Å². The van der Waals surface area contributed by atoms with Gasteiger partial charge >= 0.3 is 0 Å². The molecule has 17 heavy (non-hydrogen) atoms. The second-order valence-corrected chi connectivity index (χ2v) is 4.81. The van der Waals surface area contributed by atoms with E-state index in [1.165, 1.54) is 11.1 Å². The number of aryl methyl sites for hydroxylation is 2. The summed E-state index contributed by atoms with van der Waals surface area (Å²) in [6.45, 7) is 4.14. The predicted molar refractivity (Wildman–Crippen MR) is 74.2 cm³/mol. The molecule has 0 aliphatic rings. The highest BCUT2D eigenvalue weighted by molar-refractivity contribution is 9.10. The molecule has 4 heteroatoms. The minimum Gasteiger partial charge on any atom is -0.372 e. The number of halogens is 1. The minimum absolute atomic E-state index is 0.749. The number of hydrogen-bond acceptors (Lipinski definition) is 3. The van der Waals surface area contributed by atoms with Gasteiger partial charge in [-0.15, -0.1) is 0 Å². The molecule has 0 saturated carbocycles. The lowest BCUT2D eigenvalue weighted by molar-refractivity contribution is 1.14. The Balaban J connectivity index is 2.56. The molecule has 1 N–H and O–H groups in total. The van der Waals surface area contributed by atoms with Crippen LogP contribution in [0.4, 0.5) is 5.82 Å². The Morgan fingerprint density at radius 1 is 1.24 bits per heavy atom. The van der Waals surface area contributed by atoms with E-state index in [0.717, 1.165) is 21.7 Å². The van der Waals surface area contributed by atoms with Crippen LogP contribution in [0.15, 0.2) is 28.9 Å². The monoisotopic (exact) mass is 291 g/mol. The SMILES string of the molecule is CNc1nc(-c2cc(C)ccc2C)ncc1Br. The fourth-order valence-electron chi connectivity index (χ4n) is 1.65. The number of nitrogens with one attached hydrogen (secondary N) is 1. The van der Waals surface area contributed by atoms with Crippen molar-refractivity contribution in [3.8, 4) is 11.4 Å². The molecule has 2 aromatic rings. The van der Waals surface area contributed by atoms with Crippen molar-refractivity contribution in [3.63, 3.8) is 0 Å². The van der Waals surface area contributed by atoms with E-state index in [-0.39, 0.29) is 0 Å². The van der Waals surface area contributed by atoms with E-state index in [1.807, 2.05) is 7.05 Å². The van der Waals surface area contributed by atoms with Crippen LogP contribution in [0.5, 0.6) is 0 Å². The van der Waals surface area contributed by atoms with Gasteiger partial charge in [0.15, 0.2) is 5.82 Å². The zero-order valence-corrected chi connectivity index (χ0v) is 11.7. The van der Waals surface area contributed by atoms with Crippen molar-refractivity contribution in [2.24, 2.45) is 0 Å². The van der Waals surface area contributed by atoms with Crippen molar-refractivity contribution in [2.45, 2.75) is 13.8 Å². The molecule has 0 bridgehead atoms. The van der Waals surface area contributed by atoms with Gasteiger partial charge in [0.05, 0.1) is 4.47 Å². The molecule has 0 atom stereocenters. The van der Waals surface area contributed by atoms with Crippen molar-refractivity contribution in [3.05, 3.63) is 40.0 Å². The molecule has 0 spiro atoms. The Morgan fingerprint density at radius 2 is 2.00 bits per heavy atom. The zero-order valence-electron chi connectivity index (χ0n) is 10.1. The highest BCUT2D eigenvalue weighted by Gasteiger charge is 2.08. The second-order valence-electron chi connectivity index (χ2n) is 3.96. The quantitative estimate of drug-likeness (QED) is 0.919. The molecule has 0 saturated heterocycles. The first-order chi connectivity index (χ1) is 8.11. The molecule has 0 aliphatic carbocycles. The summed E-state index contributed by atoms with van der Waals surface area (Å²) in [5.74, 6) is 1.55. The van der Waals surface area contributed by atoms with Crippen LogP contribution >= 0.6 is 15.9 Å². The summed E-state index contributed by atoms with van der Waals surface area (Å²) in [7, 11) is 1.85. The van der Waals surface area contributed by atoms with Crippen LogP contribution < -0.4 is 5.32 Å². The van der Waals surface area contributed by atoms with Gasteiger partial charge in [-0.2, -0.15) is 0 Å². The van der Waals surface area contributed by atoms with Crippen molar-refractivity contribution in [1.29, 1.82) is 0 Å². The van der Waals surface area contributed by atoms with Crippen LogP contribution in [0, 0.1) is 13.8 Å². The molecule has 2 rings (SSSR count). The first-order valence-electron chi connectivity index (χ1n) is 5.39. The summed E-state index contributed by atoms with van der Waals surface area (Å²) in [5, 5.41) is 3.04. The van der Waals surface area contributed by atoms with Crippen LogP contribution in [0.3, 0.4) is 0 Å². The van der Waals surface area contributed by atoms with Crippen molar-refractivity contribution in [2.75, 3.05) is 12.4 Å². The number of benzene rings is 1. The normalized spacial score (nSPS) is 10.4. The van der Waals surface area contributed by atoms with Gasteiger partial charge in [-0.1, -0.05) is 17.7 Å². The first-order valence-corrected chi connectivity index (χ1v) is 6.19. The third-order valence-electron chi connectivity index (χ3n) is 2.61. The van der Waals surface area contributed by atoms with E-state index in [0.29, 0.717) is 0 Å². The van der Waals surface area contributed by atoms with Crippen LogP contribution in [-0.4, -0.2) is 17.0 Å². The predicted octanol–water partition coefficient (Wildman–Crippen LogP) is 3.56. The highest BCUT2D eigenvalue weighted by Crippen LogP contribution is 2.25. The smallest absolute Gasteiger partial charge is 0.161 e. The molecule has 1 heterocycles. The maximum absolute atomic E-state index is 4.49. The van der Waals surface area contributed by atoms with E-state index >= 15 is 0 Å². The van der Waals surface area contributed by atoms with Gasteiger partial charge in [0.1, 0.15) is 5.82 Å². The van der Waals surface area contributed by atoms with Gasteiger partial charge in [0.25, 0.3) is 0 Å². The van der Waals surface area contributed by atoms with E-state index < -0.39 is 0 Å². The number of nitrogens with zero attached hydrogens (tertiary/aromatic N) is 2. The van der Waals surface area contributed by atoms with Gasteiger partial charge in [0.2, 0.25) is 0 Å². The molecule has 0 unspecified atom stereocenters. The summed E-state index contributed by atoms with van der Waals surface area (Å²) in [4.78, 5) is 8.85. The topological polar surface area (TPSA) is 37.8 Å². The summed E-state index contributed by atoms with van der Waals surface area (Å²) in [6.07, 6.45) is 1.77. The molecule has 0 aliphatic heterocycles. The Hall–Kier alpha value is -1.42. The van der Waals surface area contributed by atoms with Crippen LogP contribution in [0.2, 0.25) is 0 Å². The van der Waals surface area contributed by atoms with Gasteiger partial charge < -0.3 is 5.32 Å². The van der Waals surface area contributed by atoms with Crippen molar-refractivity contribution >= 4 is 21.7 Å². The standard InChI is InChI=1S/C13H14BrN3/c1-8-4-5-9(2)10(6-8)12-16-7-11(14)13(15-3)17-12/h4-7H,1-3H3,(H,15,16,17). The summed E-state index contributed by atoms with van der Waals surface area (Å²) in [6, 6.07) is 6.30. The van der Waals surface area contributed by atoms with Gasteiger partial charge in [0, 0.05) is 18.8 Å². The number of aromatic nitrogens is 2. The fourth-order valence-corrected chi connectivity index (χ4v) is 2.04.